The Labute approximate surface area is 203 Å². The van der Waals surface area contributed by atoms with Gasteiger partial charge in [0.1, 0.15) is 5.75 Å². The maximum atomic E-state index is 13.5. The Morgan fingerprint density at radius 1 is 1.06 bits per heavy atom. The third kappa shape index (κ3) is 3.21. The molecule has 178 valence electrons. The number of ketones is 1. The highest BCUT2D eigenvalue weighted by atomic mass is 16.5. The Kier molecular flexibility index (Phi) is 4.85. The average Bonchev–Trinajstić information content (AvgIpc) is 3.50. The molecule has 2 aliphatic heterocycles. The van der Waals surface area contributed by atoms with Gasteiger partial charge in [-0.2, -0.15) is 0 Å². The maximum absolute atomic E-state index is 13.5. The predicted octanol–water partition coefficient (Wildman–Crippen LogP) is 4.00. The van der Waals surface area contributed by atoms with E-state index >= 15 is 0 Å². The molecule has 1 aromatic heterocycles. The van der Waals surface area contributed by atoms with Gasteiger partial charge in [0.05, 0.1) is 13.2 Å². The van der Waals surface area contributed by atoms with E-state index in [4.69, 9.17) is 4.74 Å². The number of amides is 3. The highest BCUT2D eigenvalue weighted by Crippen LogP contribution is 2.41. The maximum Gasteiger partial charge on any atom is 0.325 e. The number of nitrogens with zero attached hydrogens (tertiary/aromatic N) is 2. The van der Waals surface area contributed by atoms with Gasteiger partial charge in [0.25, 0.3) is 5.91 Å². The van der Waals surface area contributed by atoms with Crippen molar-refractivity contribution < 1.29 is 19.1 Å². The largest absolute Gasteiger partial charge is 0.493 e. The fourth-order valence-electron chi connectivity index (χ4n) is 5.88. The van der Waals surface area contributed by atoms with Crippen molar-refractivity contribution in [3.63, 3.8) is 0 Å². The summed E-state index contributed by atoms with van der Waals surface area (Å²) in [7, 11) is 0. The summed E-state index contributed by atoms with van der Waals surface area (Å²) in [6.07, 6.45) is 3.70. The van der Waals surface area contributed by atoms with Crippen LogP contribution in [0.25, 0.3) is 5.69 Å². The van der Waals surface area contributed by atoms with Crippen molar-refractivity contribution in [2.45, 2.75) is 45.1 Å². The summed E-state index contributed by atoms with van der Waals surface area (Å²) in [5.41, 5.74) is 5.52. The Morgan fingerprint density at radius 2 is 1.86 bits per heavy atom. The fraction of sp³-hybridized carbons (Fsp3) is 0.321. The highest BCUT2D eigenvalue weighted by molar-refractivity contribution is 6.12. The molecule has 1 saturated heterocycles. The molecular formula is C28H27N3O4. The van der Waals surface area contributed by atoms with Crippen molar-refractivity contribution in [2.24, 2.45) is 0 Å². The molecule has 0 saturated carbocycles. The van der Waals surface area contributed by atoms with Gasteiger partial charge in [0.2, 0.25) is 0 Å². The molecule has 7 heteroatoms. The first kappa shape index (κ1) is 21.6. The van der Waals surface area contributed by atoms with Crippen molar-refractivity contribution in [1.82, 2.24) is 14.8 Å². The number of ether oxygens (including phenoxy) is 1. The molecular weight excluding hydrogens is 442 g/mol. The number of hydrogen-bond donors (Lipinski definition) is 1. The third-order valence-corrected chi connectivity index (χ3v) is 7.63. The summed E-state index contributed by atoms with van der Waals surface area (Å²) < 4.78 is 7.77. The van der Waals surface area contributed by atoms with Crippen molar-refractivity contribution >= 4 is 17.7 Å². The molecule has 6 rings (SSSR count). The first-order valence-corrected chi connectivity index (χ1v) is 12.1. The summed E-state index contributed by atoms with van der Waals surface area (Å²) in [4.78, 5) is 40.9. The molecule has 1 aliphatic carbocycles. The lowest BCUT2D eigenvalue weighted by atomic mass is 9.84. The summed E-state index contributed by atoms with van der Waals surface area (Å²) in [6, 6.07) is 15.0. The molecule has 7 nitrogen and oxygen atoms in total. The molecule has 3 aliphatic rings. The zero-order valence-electron chi connectivity index (χ0n) is 19.9. The van der Waals surface area contributed by atoms with Gasteiger partial charge in [-0.3, -0.25) is 14.5 Å². The lowest BCUT2D eigenvalue weighted by Crippen LogP contribution is -2.47. The number of carbonyl (C=O) groups excluding carboxylic acids is 3. The van der Waals surface area contributed by atoms with Crippen molar-refractivity contribution in [1.29, 1.82) is 0 Å². The van der Waals surface area contributed by atoms with Crippen LogP contribution in [-0.4, -0.2) is 40.3 Å². The van der Waals surface area contributed by atoms with E-state index in [9.17, 15) is 14.4 Å². The van der Waals surface area contributed by atoms with Crippen LogP contribution in [0.4, 0.5) is 4.79 Å². The smallest absolute Gasteiger partial charge is 0.325 e. The molecule has 1 N–H and O–H groups in total. The second kappa shape index (κ2) is 7.83. The predicted molar refractivity (Wildman–Crippen MR) is 130 cm³/mol. The SMILES string of the molecule is Cc1cc(C(=O)CN2C(=O)N[C@@]3(CCOc4ccccc43)C2=O)c(C)n1-c1ccc2c(c1)CCC2. The number of benzene rings is 2. The molecule has 0 bridgehead atoms. The Balaban J connectivity index is 1.29. The standard InChI is InChI=1S/C28H27N3O4/c1-17-14-22(18(2)31(17)21-11-10-19-6-5-7-20(19)15-21)24(32)16-30-26(33)28(29-27(30)34)12-13-35-25-9-4-3-8-23(25)28/h3-4,8-11,14-15H,5-7,12-13,16H2,1-2H3,(H,29,34)/t28-/m1/s1. The minimum Gasteiger partial charge on any atom is -0.493 e. The van der Waals surface area contributed by atoms with Crippen LogP contribution < -0.4 is 10.1 Å². The number of aromatic nitrogens is 1. The van der Waals surface area contributed by atoms with E-state index < -0.39 is 17.5 Å². The summed E-state index contributed by atoms with van der Waals surface area (Å²) >= 11 is 0. The fourth-order valence-corrected chi connectivity index (χ4v) is 5.88. The van der Waals surface area contributed by atoms with Crippen molar-refractivity contribution in [2.75, 3.05) is 13.2 Å². The van der Waals surface area contributed by atoms with Gasteiger partial charge in [0.15, 0.2) is 11.3 Å². The third-order valence-electron chi connectivity index (χ3n) is 7.63. The van der Waals surface area contributed by atoms with Gasteiger partial charge in [-0.05, 0) is 68.5 Å². The van der Waals surface area contributed by atoms with Crippen molar-refractivity contribution in [3.05, 3.63) is 82.2 Å². The second-order valence-electron chi connectivity index (χ2n) is 9.67. The van der Waals surface area contributed by atoms with E-state index in [1.807, 2.05) is 32.0 Å². The molecule has 35 heavy (non-hydrogen) atoms. The molecule has 0 unspecified atom stereocenters. The quantitative estimate of drug-likeness (QED) is 0.463. The zero-order valence-corrected chi connectivity index (χ0v) is 19.9. The van der Waals surface area contributed by atoms with E-state index in [0.29, 0.717) is 29.9 Å². The topological polar surface area (TPSA) is 80.6 Å². The Hall–Kier alpha value is -3.87. The van der Waals surface area contributed by atoms with Crippen LogP contribution in [0.3, 0.4) is 0 Å². The van der Waals surface area contributed by atoms with Gasteiger partial charge in [0, 0.05) is 34.6 Å². The summed E-state index contributed by atoms with van der Waals surface area (Å²) in [5.74, 6) is -0.0797. The van der Waals surface area contributed by atoms with Crippen LogP contribution >= 0.6 is 0 Å². The number of para-hydroxylation sites is 1. The normalized spacial score (nSPS) is 20.6. The Morgan fingerprint density at radius 3 is 2.71 bits per heavy atom. The number of nitrogens with one attached hydrogen (secondary N) is 1. The van der Waals surface area contributed by atoms with Gasteiger partial charge >= 0.3 is 6.03 Å². The van der Waals surface area contributed by atoms with Crippen LogP contribution in [0, 0.1) is 13.8 Å². The highest BCUT2D eigenvalue weighted by Gasteiger charge is 2.55. The molecule has 1 atom stereocenters. The lowest BCUT2D eigenvalue weighted by Gasteiger charge is -2.33. The van der Waals surface area contributed by atoms with Crippen LogP contribution in [0.5, 0.6) is 5.75 Å². The van der Waals surface area contributed by atoms with Gasteiger partial charge in [-0.15, -0.1) is 0 Å². The van der Waals surface area contributed by atoms with E-state index in [1.54, 1.807) is 12.1 Å². The monoisotopic (exact) mass is 469 g/mol. The molecule has 0 radical (unpaired) electrons. The van der Waals surface area contributed by atoms with Crippen LogP contribution in [0.1, 0.15) is 51.3 Å². The van der Waals surface area contributed by atoms with Crippen LogP contribution in [0.15, 0.2) is 48.5 Å². The number of imide groups is 1. The minimum atomic E-state index is -1.19. The van der Waals surface area contributed by atoms with E-state index in [0.717, 1.165) is 34.8 Å². The van der Waals surface area contributed by atoms with Gasteiger partial charge in [-0.1, -0.05) is 24.3 Å². The summed E-state index contributed by atoms with van der Waals surface area (Å²) in [5, 5.41) is 2.86. The molecule has 1 fully saturated rings. The van der Waals surface area contributed by atoms with E-state index in [-0.39, 0.29) is 12.3 Å². The van der Waals surface area contributed by atoms with E-state index in [2.05, 4.69) is 28.1 Å². The first-order chi connectivity index (χ1) is 16.9. The second-order valence-corrected chi connectivity index (χ2v) is 9.67. The number of fused-ring (bicyclic) bond motifs is 3. The molecule has 3 heterocycles. The minimum absolute atomic E-state index is 0.258. The number of Topliss-reactive ketones (excluding diaryl/α,β-unsaturated/α-hetero) is 1. The van der Waals surface area contributed by atoms with Gasteiger partial charge in [-0.25, -0.2) is 4.79 Å². The Bertz CT molecular complexity index is 1410. The first-order valence-electron chi connectivity index (χ1n) is 12.1. The van der Waals surface area contributed by atoms with Crippen LogP contribution in [0.2, 0.25) is 0 Å². The lowest BCUT2D eigenvalue weighted by molar-refractivity contribution is -0.132. The molecule has 1 spiro atoms. The molecule has 3 amide bonds. The number of aryl methyl sites for hydroxylation is 3. The molecule has 2 aromatic carbocycles. The number of carbonyl (C=O) groups is 3. The number of urea groups is 1. The van der Waals surface area contributed by atoms with Crippen molar-refractivity contribution in [3.8, 4) is 11.4 Å². The molecule has 3 aromatic rings. The number of rotatable bonds is 4. The average molecular weight is 470 g/mol. The van der Waals surface area contributed by atoms with Gasteiger partial charge < -0.3 is 14.6 Å². The van der Waals surface area contributed by atoms with E-state index in [1.165, 1.54) is 17.5 Å². The summed E-state index contributed by atoms with van der Waals surface area (Å²) in [6.45, 7) is 3.89. The van der Waals surface area contributed by atoms with Crippen LogP contribution in [-0.2, 0) is 23.2 Å². The number of hydrogen-bond acceptors (Lipinski definition) is 4. The zero-order chi connectivity index (χ0) is 24.3.